The lowest BCUT2D eigenvalue weighted by Crippen LogP contribution is -2.06. The van der Waals surface area contributed by atoms with Crippen LogP contribution in [0.5, 0.6) is 11.5 Å². The van der Waals surface area contributed by atoms with Crippen molar-refractivity contribution in [1.82, 2.24) is 0 Å². The third-order valence-corrected chi connectivity index (χ3v) is 6.25. The van der Waals surface area contributed by atoms with Crippen LogP contribution >= 0.6 is 45.8 Å². The van der Waals surface area contributed by atoms with Gasteiger partial charge in [0, 0.05) is 11.4 Å². The number of ether oxygens (including phenoxy) is 3. The topological polar surface area (TPSA) is 57.1 Å². The maximum atomic E-state index is 12.4. The summed E-state index contributed by atoms with van der Waals surface area (Å²) in [5.41, 5.74) is 2.60. The molecule has 1 aliphatic heterocycles. The largest absolute Gasteiger partial charge is 0.490 e. The molecule has 4 rings (SSSR count). The third-order valence-electron chi connectivity index (χ3n) is 4.90. The summed E-state index contributed by atoms with van der Waals surface area (Å²) in [6, 6.07) is 18.8. The third kappa shape index (κ3) is 5.92. The molecule has 0 bridgehead atoms. The predicted octanol–water partition coefficient (Wildman–Crippen LogP) is 6.96. The van der Waals surface area contributed by atoms with E-state index in [1.54, 1.807) is 24.3 Å². The number of esters is 1. The van der Waals surface area contributed by atoms with E-state index < -0.39 is 5.97 Å². The second kappa shape index (κ2) is 11.3. The highest BCUT2D eigenvalue weighted by molar-refractivity contribution is 14.1. The number of benzene rings is 3. The number of carbonyl (C=O) groups is 1. The van der Waals surface area contributed by atoms with Crippen molar-refractivity contribution in [3.63, 3.8) is 0 Å². The number of nitrogens with zero attached hydrogens (tertiary/aromatic N) is 1. The molecule has 1 heterocycles. The molecule has 0 aliphatic carbocycles. The minimum Gasteiger partial charge on any atom is -0.490 e. The summed E-state index contributed by atoms with van der Waals surface area (Å²) in [5, 5.41) is 0.837. The van der Waals surface area contributed by atoms with E-state index in [1.165, 1.54) is 5.56 Å². The Morgan fingerprint density at radius 1 is 1.06 bits per heavy atom. The van der Waals surface area contributed by atoms with E-state index in [9.17, 15) is 4.79 Å². The molecule has 174 valence electrons. The molecule has 5 nitrogen and oxygen atoms in total. The summed E-state index contributed by atoms with van der Waals surface area (Å²) >= 11 is 14.4. The van der Waals surface area contributed by atoms with Crippen LogP contribution < -0.4 is 9.47 Å². The van der Waals surface area contributed by atoms with Gasteiger partial charge in [0.05, 0.1) is 27.4 Å². The first-order chi connectivity index (χ1) is 16.4. The Kier molecular flexibility index (Phi) is 8.13. The van der Waals surface area contributed by atoms with Crippen LogP contribution in [0.2, 0.25) is 10.0 Å². The molecular weight excluding hydrogens is 588 g/mol. The van der Waals surface area contributed by atoms with E-state index in [4.69, 9.17) is 37.4 Å². The Balaban J connectivity index is 1.57. The molecule has 0 aromatic heterocycles. The van der Waals surface area contributed by atoms with Crippen molar-refractivity contribution in [3.05, 3.63) is 96.7 Å². The zero-order valence-corrected chi connectivity index (χ0v) is 21.9. The smallest absolute Gasteiger partial charge is 0.363 e. The molecule has 34 heavy (non-hydrogen) atoms. The lowest BCUT2D eigenvalue weighted by Gasteiger charge is -2.15. The van der Waals surface area contributed by atoms with Crippen LogP contribution in [0.3, 0.4) is 0 Å². The number of hydrogen-bond donors (Lipinski definition) is 0. The molecule has 0 unspecified atom stereocenters. The van der Waals surface area contributed by atoms with E-state index in [1.807, 2.05) is 37.3 Å². The minimum absolute atomic E-state index is 0.138. The van der Waals surface area contributed by atoms with Crippen molar-refractivity contribution in [2.45, 2.75) is 13.3 Å². The normalized spacial score (nSPS) is 14.2. The summed E-state index contributed by atoms with van der Waals surface area (Å²) in [6.45, 7) is 2.90. The molecule has 8 heteroatoms. The van der Waals surface area contributed by atoms with Crippen LogP contribution in [0.4, 0.5) is 0 Å². The van der Waals surface area contributed by atoms with Gasteiger partial charge < -0.3 is 14.2 Å². The van der Waals surface area contributed by atoms with Crippen LogP contribution in [-0.4, -0.2) is 25.1 Å². The molecule has 0 saturated carbocycles. The Labute approximate surface area is 221 Å². The Hall–Kier alpha value is -2.55. The summed E-state index contributed by atoms with van der Waals surface area (Å²) in [6.07, 6.45) is 2.43. The van der Waals surface area contributed by atoms with E-state index in [0.717, 1.165) is 15.6 Å². The van der Waals surface area contributed by atoms with Gasteiger partial charge in [0.15, 0.2) is 17.2 Å². The molecule has 3 aromatic rings. The van der Waals surface area contributed by atoms with Crippen molar-refractivity contribution in [1.29, 1.82) is 0 Å². The fourth-order valence-electron chi connectivity index (χ4n) is 3.34. The number of cyclic esters (lactones) is 1. The maximum Gasteiger partial charge on any atom is 0.363 e. The molecule has 3 aromatic carbocycles. The van der Waals surface area contributed by atoms with Gasteiger partial charge in [-0.15, -0.1) is 0 Å². The Bertz CT molecular complexity index is 1280. The lowest BCUT2D eigenvalue weighted by molar-refractivity contribution is -0.129. The summed E-state index contributed by atoms with van der Waals surface area (Å²) in [7, 11) is 0. The zero-order chi connectivity index (χ0) is 24.1. The monoisotopic (exact) mass is 607 g/mol. The summed E-state index contributed by atoms with van der Waals surface area (Å²) < 4.78 is 18.1. The number of aliphatic imine (C=N–C) groups is 1. The van der Waals surface area contributed by atoms with Gasteiger partial charge in [-0.25, -0.2) is 9.79 Å². The number of hydrogen-bond acceptors (Lipinski definition) is 5. The van der Waals surface area contributed by atoms with E-state index >= 15 is 0 Å². The van der Waals surface area contributed by atoms with Crippen LogP contribution in [0, 0.1) is 3.57 Å². The van der Waals surface area contributed by atoms with Crippen molar-refractivity contribution < 1.29 is 19.0 Å². The molecule has 0 atom stereocenters. The molecule has 0 spiro atoms. The Morgan fingerprint density at radius 2 is 1.85 bits per heavy atom. The molecule has 1 aliphatic rings. The number of carbonyl (C=O) groups excluding carboxylic acids is 1. The van der Waals surface area contributed by atoms with E-state index in [-0.39, 0.29) is 11.6 Å². The average Bonchev–Trinajstić information content (AvgIpc) is 3.16. The Morgan fingerprint density at radius 3 is 2.59 bits per heavy atom. The van der Waals surface area contributed by atoms with Gasteiger partial charge in [-0.3, -0.25) is 0 Å². The van der Waals surface area contributed by atoms with Crippen LogP contribution in [0.25, 0.3) is 6.08 Å². The van der Waals surface area contributed by atoms with Crippen molar-refractivity contribution in [3.8, 4) is 11.5 Å². The van der Waals surface area contributed by atoms with Crippen molar-refractivity contribution >= 4 is 63.7 Å². The van der Waals surface area contributed by atoms with Crippen molar-refractivity contribution in [2.75, 3.05) is 13.2 Å². The summed E-state index contributed by atoms with van der Waals surface area (Å²) in [4.78, 5) is 16.8. The van der Waals surface area contributed by atoms with Gasteiger partial charge in [0.1, 0.15) is 0 Å². The van der Waals surface area contributed by atoms with Gasteiger partial charge >= 0.3 is 5.97 Å². The van der Waals surface area contributed by atoms with Gasteiger partial charge in [0.2, 0.25) is 5.90 Å². The highest BCUT2D eigenvalue weighted by Crippen LogP contribution is 2.35. The average molecular weight is 608 g/mol. The van der Waals surface area contributed by atoms with Crippen LogP contribution in [0.15, 0.2) is 71.4 Å². The van der Waals surface area contributed by atoms with Gasteiger partial charge in [-0.1, -0.05) is 53.5 Å². The van der Waals surface area contributed by atoms with Crippen LogP contribution in [0.1, 0.15) is 23.6 Å². The standard InChI is InChI=1S/C26H20Cl2INO4/c1-2-32-23-14-17(12-21(29)24(23)33-11-10-16-6-4-3-5-7-16)13-22-26(31)34-25(30-22)19-9-8-18(27)15-20(19)28/h3-9,12-15H,2,10-11H2,1H3/b22-13-. The molecular formula is C26H20Cl2INO4. The fourth-order valence-corrected chi connectivity index (χ4v) is 4.61. The first-order valence-corrected chi connectivity index (χ1v) is 12.4. The second-order valence-corrected chi connectivity index (χ2v) is 9.31. The van der Waals surface area contributed by atoms with E-state index in [2.05, 4.69) is 39.7 Å². The zero-order valence-electron chi connectivity index (χ0n) is 18.2. The first kappa shape index (κ1) is 24.6. The predicted molar refractivity (Wildman–Crippen MR) is 143 cm³/mol. The molecule has 0 radical (unpaired) electrons. The summed E-state index contributed by atoms with van der Waals surface area (Å²) in [5.74, 6) is 0.855. The fraction of sp³-hybridized carbons (Fsp3) is 0.154. The van der Waals surface area contributed by atoms with Gasteiger partial charge in [0.25, 0.3) is 0 Å². The molecule has 0 N–H and O–H groups in total. The number of halogens is 3. The highest BCUT2D eigenvalue weighted by atomic mass is 127. The lowest BCUT2D eigenvalue weighted by atomic mass is 10.1. The molecule has 0 saturated heterocycles. The van der Waals surface area contributed by atoms with E-state index in [0.29, 0.717) is 40.3 Å². The van der Waals surface area contributed by atoms with Crippen LogP contribution in [-0.2, 0) is 16.0 Å². The minimum atomic E-state index is -0.558. The second-order valence-electron chi connectivity index (χ2n) is 7.31. The quantitative estimate of drug-likeness (QED) is 0.158. The highest BCUT2D eigenvalue weighted by Gasteiger charge is 2.26. The molecule has 0 amide bonds. The maximum absolute atomic E-state index is 12.4. The van der Waals surface area contributed by atoms with Gasteiger partial charge in [-0.05, 0) is 77.0 Å². The number of rotatable bonds is 8. The van der Waals surface area contributed by atoms with Crippen molar-refractivity contribution in [2.24, 2.45) is 4.99 Å². The van der Waals surface area contributed by atoms with Gasteiger partial charge in [-0.2, -0.15) is 0 Å². The molecule has 0 fully saturated rings. The first-order valence-electron chi connectivity index (χ1n) is 10.6. The SMILES string of the molecule is CCOc1cc(/C=C2\N=C(c3ccc(Cl)cc3Cl)OC2=O)cc(I)c1OCCc1ccccc1.